The summed E-state index contributed by atoms with van der Waals surface area (Å²) in [5, 5.41) is 0. The van der Waals surface area contributed by atoms with E-state index in [2.05, 4.69) is 60.1 Å². The second-order valence-corrected chi connectivity index (χ2v) is 5.33. The Morgan fingerprint density at radius 3 is 2.63 bits per heavy atom. The number of fused-ring (bicyclic) bond motifs is 2. The average molecular weight is 253 g/mol. The molecule has 1 aromatic carbocycles. The van der Waals surface area contributed by atoms with Gasteiger partial charge in [-0.05, 0) is 24.6 Å². The second kappa shape index (κ2) is 4.57. The summed E-state index contributed by atoms with van der Waals surface area (Å²) in [6.45, 7) is 3.93. The quantitative estimate of drug-likeness (QED) is 0.719. The molecule has 0 spiro atoms. The fourth-order valence-corrected chi connectivity index (χ4v) is 2.78. The molecular weight excluding hydrogens is 234 g/mol. The lowest BCUT2D eigenvalue weighted by molar-refractivity contribution is 0.818. The summed E-state index contributed by atoms with van der Waals surface area (Å²) in [4.78, 5) is 9.08. The first-order valence-electron chi connectivity index (χ1n) is 6.61. The number of nitrogens with zero attached hydrogens (tertiary/aromatic N) is 3. The van der Waals surface area contributed by atoms with Gasteiger partial charge in [0.2, 0.25) is 0 Å². The van der Waals surface area contributed by atoms with E-state index in [0.717, 1.165) is 18.9 Å². The van der Waals surface area contributed by atoms with Crippen LogP contribution in [0, 0.1) is 6.92 Å². The van der Waals surface area contributed by atoms with Gasteiger partial charge in [0.05, 0.1) is 0 Å². The van der Waals surface area contributed by atoms with Crippen LogP contribution in [0.4, 0.5) is 11.5 Å². The molecule has 0 bridgehead atoms. The van der Waals surface area contributed by atoms with Crippen LogP contribution in [-0.4, -0.2) is 19.1 Å². The average Bonchev–Trinajstić information content (AvgIpc) is 2.38. The zero-order chi connectivity index (χ0) is 13.4. The van der Waals surface area contributed by atoms with Crippen molar-refractivity contribution in [3.63, 3.8) is 0 Å². The molecule has 0 aliphatic carbocycles. The highest BCUT2D eigenvalue weighted by atomic mass is 15.2. The van der Waals surface area contributed by atoms with E-state index in [1.54, 1.807) is 0 Å². The van der Waals surface area contributed by atoms with Crippen LogP contribution in [-0.2, 0) is 13.1 Å². The number of hydrogen-bond donors (Lipinski definition) is 0. The van der Waals surface area contributed by atoms with Crippen molar-refractivity contribution in [3.05, 3.63) is 53.2 Å². The van der Waals surface area contributed by atoms with Crippen LogP contribution >= 0.6 is 0 Å². The summed E-state index contributed by atoms with van der Waals surface area (Å²) in [6, 6.07) is 10.9. The highest BCUT2D eigenvalue weighted by molar-refractivity contribution is 5.60. The van der Waals surface area contributed by atoms with E-state index in [0.29, 0.717) is 0 Å². The van der Waals surface area contributed by atoms with Crippen LogP contribution in [0.1, 0.15) is 16.7 Å². The summed E-state index contributed by atoms with van der Waals surface area (Å²) in [5.41, 5.74) is 5.26. The van der Waals surface area contributed by atoms with Crippen molar-refractivity contribution in [3.8, 4) is 0 Å². The number of benzene rings is 1. The van der Waals surface area contributed by atoms with Gasteiger partial charge in [-0.15, -0.1) is 0 Å². The van der Waals surface area contributed by atoms with Gasteiger partial charge in [-0.3, -0.25) is 0 Å². The Labute approximate surface area is 114 Å². The molecule has 0 atom stereocenters. The molecule has 0 saturated carbocycles. The summed E-state index contributed by atoms with van der Waals surface area (Å²) in [5.74, 6) is 1.08. The van der Waals surface area contributed by atoms with Crippen molar-refractivity contribution >= 4 is 11.5 Å². The van der Waals surface area contributed by atoms with Crippen LogP contribution in [0.25, 0.3) is 0 Å². The third kappa shape index (κ3) is 2.16. The fourth-order valence-electron chi connectivity index (χ4n) is 2.78. The standard InChI is InChI=1S/C16H19N3/c1-12-6-7-15-14(9-12)11-19(3)16-13(10-18(15)2)5-4-8-17-16/h4-9H,10-11H2,1-3H3. The van der Waals surface area contributed by atoms with E-state index in [1.807, 2.05) is 12.3 Å². The number of hydrogen-bond acceptors (Lipinski definition) is 3. The zero-order valence-corrected chi connectivity index (χ0v) is 11.7. The summed E-state index contributed by atoms with van der Waals surface area (Å²) >= 11 is 0. The first-order valence-corrected chi connectivity index (χ1v) is 6.61. The normalized spacial score (nSPS) is 14.5. The summed E-state index contributed by atoms with van der Waals surface area (Å²) in [6.07, 6.45) is 1.87. The molecule has 1 aliphatic rings. The van der Waals surface area contributed by atoms with Crippen molar-refractivity contribution in [2.45, 2.75) is 20.0 Å². The van der Waals surface area contributed by atoms with Crippen molar-refractivity contribution in [1.82, 2.24) is 4.98 Å². The van der Waals surface area contributed by atoms with E-state index >= 15 is 0 Å². The van der Waals surface area contributed by atoms with Gasteiger partial charge in [0.1, 0.15) is 5.82 Å². The first-order chi connectivity index (χ1) is 9.15. The minimum Gasteiger partial charge on any atom is -0.370 e. The third-order valence-electron chi connectivity index (χ3n) is 3.69. The van der Waals surface area contributed by atoms with Crippen molar-refractivity contribution < 1.29 is 0 Å². The molecule has 0 fully saturated rings. The molecular formula is C16H19N3. The highest BCUT2D eigenvalue weighted by Gasteiger charge is 2.18. The fraction of sp³-hybridized carbons (Fsp3) is 0.312. The molecule has 0 N–H and O–H groups in total. The van der Waals surface area contributed by atoms with Crippen LogP contribution in [0.2, 0.25) is 0 Å². The molecule has 3 nitrogen and oxygen atoms in total. The molecule has 2 aromatic rings. The lowest BCUT2D eigenvalue weighted by atomic mass is 10.1. The maximum absolute atomic E-state index is 4.53. The smallest absolute Gasteiger partial charge is 0.133 e. The summed E-state index contributed by atoms with van der Waals surface area (Å²) in [7, 11) is 4.26. The Bertz CT molecular complexity index is 607. The first kappa shape index (κ1) is 12.0. The summed E-state index contributed by atoms with van der Waals surface area (Å²) < 4.78 is 0. The molecule has 1 aliphatic heterocycles. The molecule has 2 heterocycles. The van der Waals surface area contributed by atoms with Crippen LogP contribution in [0.15, 0.2) is 36.5 Å². The van der Waals surface area contributed by atoms with Crippen LogP contribution < -0.4 is 9.80 Å². The zero-order valence-electron chi connectivity index (χ0n) is 11.7. The van der Waals surface area contributed by atoms with Crippen LogP contribution in [0.5, 0.6) is 0 Å². The van der Waals surface area contributed by atoms with E-state index in [1.165, 1.54) is 22.4 Å². The number of aryl methyl sites for hydroxylation is 1. The van der Waals surface area contributed by atoms with E-state index in [4.69, 9.17) is 0 Å². The Morgan fingerprint density at radius 2 is 1.79 bits per heavy atom. The number of anilines is 2. The SMILES string of the molecule is Cc1ccc2c(c1)CN(C)c1ncccc1CN2C. The molecule has 3 heteroatoms. The van der Waals surface area contributed by atoms with E-state index in [-0.39, 0.29) is 0 Å². The number of rotatable bonds is 0. The lowest BCUT2D eigenvalue weighted by Gasteiger charge is -2.31. The van der Waals surface area contributed by atoms with E-state index in [9.17, 15) is 0 Å². The predicted octanol–water partition coefficient (Wildman–Crippen LogP) is 2.98. The lowest BCUT2D eigenvalue weighted by Crippen LogP contribution is -2.27. The Kier molecular flexibility index (Phi) is 2.90. The predicted molar refractivity (Wildman–Crippen MR) is 79.6 cm³/mol. The Hall–Kier alpha value is -2.03. The van der Waals surface area contributed by atoms with Gasteiger partial charge in [-0.2, -0.15) is 0 Å². The largest absolute Gasteiger partial charge is 0.370 e. The Morgan fingerprint density at radius 1 is 1.00 bits per heavy atom. The monoisotopic (exact) mass is 253 g/mol. The maximum Gasteiger partial charge on any atom is 0.133 e. The molecule has 19 heavy (non-hydrogen) atoms. The van der Waals surface area contributed by atoms with E-state index < -0.39 is 0 Å². The minimum absolute atomic E-state index is 0.892. The van der Waals surface area contributed by atoms with Gasteiger partial charge in [0.25, 0.3) is 0 Å². The number of aromatic nitrogens is 1. The van der Waals surface area contributed by atoms with Crippen molar-refractivity contribution in [2.75, 3.05) is 23.9 Å². The molecule has 1 aromatic heterocycles. The number of pyridine rings is 1. The van der Waals surface area contributed by atoms with Crippen molar-refractivity contribution in [1.29, 1.82) is 0 Å². The van der Waals surface area contributed by atoms with Gasteiger partial charge in [0.15, 0.2) is 0 Å². The molecule has 3 rings (SSSR count). The molecule has 0 amide bonds. The second-order valence-electron chi connectivity index (χ2n) is 5.33. The van der Waals surface area contributed by atoms with Gasteiger partial charge in [0, 0.05) is 44.6 Å². The molecule has 0 unspecified atom stereocenters. The molecule has 0 radical (unpaired) electrons. The van der Waals surface area contributed by atoms with Gasteiger partial charge < -0.3 is 9.80 Å². The maximum atomic E-state index is 4.53. The van der Waals surface area contributed by atoms with Gasteiger partial charge in [-0.25, -0.2) is 4.98 Å². The topological polar surface area (TPSA) is 19.4 Å². The molecule has 98 valence electrons. The van der Waals surface area contributed by atoms with Crippen molar-refractivity contribution in [2.24, 2.45) is 0 Å². The Balaban J connectivity index is 2.09. The molecule has 0 saturated heterocycles. The third-order valence-corrected chi connectivity index (χ3v) is 3.69. The van der Waals surface area contributed by atoms with Gasteiger partial charge in [-0.1, -0.05) is 23.8 Å². The highest BCUT2D eigenvalue weighted by Crippen LogP contribution is 2.30. The van der Waals surface area contributed by atoms with Crippen LogP contribution in [0.3, 0.4) is 0 Å². The van der Waals surface area contributed by atoms with Gasteiger partial charge >= 0.3 is 0 Å². The minimum atomic E-state index is 0.892.